The number of amides is 1. The molecule has 0 unspecified atom stereocenters. The number of carbonyl (C=O) groups excluding carboxylic acids is 1. The third-order valence-electron chi connectivity index (χ3n) is 2.84. The molecule has 0 spiro atoms. The van der Waals surface area contributed by atoms with Gasteiger partial charge in [-0.3, -0.25) is 4.79 Å². The topological polar surface area (TPSA) is 55.3 Å². The first-order valence-electron chi connectivity index (χ1n) is 5.50. The average Bonchev–Trinajstić information content (AvgIpc) is 2.31. The van der Waals surface area contributed by atoms with Gasteiger partial charge < -0.3 is 9.64 Å². The van der Waals surface area contributed by atoms with E-state index in [9.17, 15) is 4.79 Å². The number of morpholine rings is 1. The highest BCUT2D eigenvalue weighted by atomic mass is 35.5. The second-order valence-corrected chi connectivity index (χ2v) is 5.44. The summed E-state index contributed by atoms with van der Waals surface area (Å²) in [6, 6.07) is 1.44. The van der Waals surface area contributed by atoms with Crippen LogP contribution >= 0.6 is 23.2 Å². The van der Waals surface area contributed by atoms with E-state index in [0.717, 1.165) is 0 Å². The quantitative estimate of drug-likeness (QED) is 0.794. The van der Waals surface area contributed by atoms with Crippen LogP contribution in [0.5, 0.6) is 0 Å². The van der Waals surface area contributed by atoms with Crippen LogP contribution in [0.15, 0.2) is 6.07 Å². The Morgan fingerprint density at radius 3 is 2.83 bits per heavy atom. The van der Waals surface area contributed by atoms with E-state index >= 15 is 0 Å². The third-order valence-corrected chi connectivity index (χ3v) is 3.30. The Kier molecular flexibility index (Phi) is 3.75. The standard InChI is InChI=1S/C11H13Cl2N3O2/c1-11(2)6-18-4-3-16(11)10(17)7-5-8(12)14-15-9(7)13/h5H,3-4,6H2,1-2H3. The van der Waals surface area contributed by atoms with Crippen molar-refractivity contribution in [3.05, 3.63) is 21.9 Å². The number of halogens is 2. The lowest BCUT2D eigenvalue weighted by atomic mass is 10.0. The van der Waals surface area contributed by atoms with Gasteiger partial charge in [-0.25, -0.2) is 0 Å². The zero-order valence-corrected chi connectivity index (χ0v) is 11.6. The molecule has 1 amide bonds. The van der Waals surface area contributed by atoms with Gasteiger partial charge in [-0.05, 0) is 19.9 Å². The maximum absolute atomic E-state index is 12.4. The summed E-state index contributed by atoms with van der Waals surface area (Å²) in [6.45, 7) is 5.39. The van der Waals surface area contributed by atoms with Crippen LogP contribution in [0.1, 0.15) is 24.2 Å². The Balaban J connectivity index is 2.33. The minimum absolute atomic E-state index is 0.0618. The van der Waals surface area contributed by atoms with Crippen LogP contribution < -0.4 is 0 Å². The second kappa shape index (κ2) is 4.99. The van der Waals surface area contributed by atoms with Crippen molar-refractivity contribution in [1.82, 2.24) is 15.1 Å². The highest BCUT2D eigenvalue weighted by molar-refractivity contribution is 6.34. The fraction of sp³-hybridized carbons (Fsp3) is 0.545. The maximum atomic E-state index is 12.4. The molecule has 0 aliphatic carbocycles. The van der Waals surface area contributed by atoms with E-state index < -0.39 is 0 Å². The Hall–Kier alpha value is -0.910. The van der Waals surface area contributed by atoms with Gasteiger partial charge in [0.15, 0.2) is 10.3 Å². The lowest BCUT2D eigenvalue weighted by Crippen LogP contribution is -2.55. The summed E-state index contributed by atoms with van der Waals surface area (Å²) in [4.78, 5) is 14.2. The van der Waals surface area contributed by atoms with Crippen LogP contribution in [0.4, 0.5) is 0 Å². The predicted octanol–water partition coefficient (Wildman–Crippen LogP) is 2.03. The molecule has 98 valence electrons. The fourth-order valence-electron chi connectivity index (χ4n) is 1.88. The molecule has 2 rings (SSSR count). The van der Waals surface area contributed by atoms with Crippen molar-refractivity contribution in [2.75, 3.05) is 19.8 Å². The highest BCUT2D eigenvalue weighted by Crippen LogP contribution is 2.24. The molecule has 0 aromatic carbocycles. The molecule has 1 aliphatic heterocycles. The maximum Gasteiger partial charge on any atom is 0.257 e. The fourth-order valence-corrected chi connectivity index (χ4v) is 2.20. The number of rotatable bonds is 1. The van der Waals surface area contributed by atoms with E-state index in [1.165, 1.54) is 6.07 Å². The van der Waals surface area contributed by atoms with Crippen LogP contribution in [-0.4, -0.2) is 46.3 Å². The lowest BCUT2D eigenvalue weighted by molar-refractivity contribution is -0.0370. The van der Waals surface area contributed by atoms with Crippen molar-refractivity contribution in [3.63, 3.8) is 0 Å². The smallest absolute Gasteiger partial charge is 0.257 e. The monoisotopic (exact) mass is 289 g/mol. The number of hydrogen-bond donors (Lipinski definition) is 0. The van der Waals surface area contributed by atoms with Gasteiger partial charge in [0.1, 0.15) is 0 Å². The van der Waals surface area contributed by atoms with E-state index in [4.69, 9.17) is 27.9 Å². The zero-order chi connectivity index (χ0) is 13.3. The lowest BCUT2D eigenvalue weighted by Gasteiger charge is -2.42. The molecule has 0 atom stereocenters. The average molecular weight is 290 g/mol. The second-order valence-electron chi connectivity index (χ2n) is 4.69. The van der Waals surface area contributed by atoms with Crippen molar-refractivity contribution in [2.45, 2.75) is 19.4 Å². The molecular formula is C11H13Cl2N3O2. The minimum Gasteiger partial charge on any atom is -0.377 e. The minimum atomic E-state index is -0.381. The summed E-state index contributed by atoms with van der Waals surface area (Å²) in [6.07, 6.45) is 0. The normalized spacial score (nSPS) is 18.8. The number of nitrogens with zero attached hydrogens (tertiary/aromatic N) is 3. The zero-order valence-electron chi connectivity index (χ0n) is 10.1. The van der Waals surface area contributed by atoms with Gasteiger partial charge in [-0.2, -0.15) is 0 Å². The molecule has 0 N–H and O–H groups in total. The van der Waals surface area contributed by atoms with E-state index in [1.807, 2.05) is 13.8 Å². The molecular weight excluding hydrogens is 277 g/mol. The van der Waals surface area contributed by atoms with Crippen LogP contribution in [0, 0.1) is 0 Å². The molecule has 1 aromatic rings. The van der Waals surface area contributed by atoms with Gasteiger partial charge >= 0.3 is 0 Å². The number of ether oxygens (including phenoxy) is 1. The van der Waals surface area contributed by atoms with Gasteiger partial charge in [0, 0.05) is 6.54 Å². The molecule has 5 nitrogen and oxygen atoms in total. The molecule has 7 heteroatoms. The number of hydrogen-bond acceptors (Lipinski definition) is 4. The number of aromatic nitrogens is 2. The van der Waals surface area contributed by atoms with Crippen molar-refractivity contribution in [1.29, 1.82) is 0 Å². The Labute approximate surface area is 115 Å². The van der Waals surface area contributed by atoms with Gasteiger partial charge in [0.25, 0.3) is 5.91 Å². The third kappa shape index (κ3) is 2.58. The van der Waals surface area contributed by atoms with Crippen LogP contribution in [0.25, 0.3) is 0 Å². The summed E-state index contributed by atoms with van der Waals surface area (Å²) >= 11 is 11.6. The summed E-state index contributed by atoms with van der Waals surface area (Å²) in [7, 11) is 0. The first-order chi connectivity index (χ1) is 8.42. The first-order valence-corrected chi connectivity index (χ1v) is 6.26. The van der Waals surface area contributed by atoms with Crippen LogP contribution in [-0.2, 0) is 4.74 Å². The van der Waals surface area contributed by atoms with E-state index in [-0.39, 0.29) is 27.3 Å². The van der Waals surface area contributed by atoms with Crippen LogP contribution in [0.2, 0.25) is 10.3 Å². The van der Waals surface area contributed by atoms with E-state index in [1.54, 1.807) is 4.90 Å². The largest absolute Gasteiger partial charge is 0.377 e. The van der Waals surface area contributed by atoms with Gasteiger partial charge in [-0.1, -0.05) is 23.2 Å². The molecule has 1 aliphatic rings. The van der Waals surface area contributed by atoms with Gasteiger partial charge in [-0.15, -0.1) is 10.2 Å². The first kappa shape index (κ1) is 13.5. The molecule has 18 heavy (non-hydrogen) atoms. The molecule has 2 heterocycles. The molecule has 0 saturated carbocycles. The summed E-state index contributed by atoms with van der Waals surface area (Å²) in [5.74, 6) is -0.204. The molecule has 0 bridgehead atoms. The van der Waals surface area contributed by atoms with Gasteiger partial charge in [0.2, 0.25) is 0 Å². The molecule has 1 aromatic heterocycles. The molecule has 1 saturated heterocycles. The predicted molar refractivity (Wildman–Crippen MR) is 68.0 cm³/mol. The summed E-state index contributed by atoms with van der Waals surface area (Å²) in [5, 5.41) is 7.45. The Morgan fingerprint density at radius 2 is 2.17 bits per heavy atom. The van der Waals surface area contributed by atoms with Crippen molar-refractivity contribution < 1.29 is 9.53 Å². The number of carbonyl (C=O) groups is 1. The van der Waals surface area contributed by atoms with Gasteiger partial charge in [0.05, 0.1) is 24.3 Å². The Bertz CT molecular complexity index is 479. The van der Waals surface area contributed by atoms with E-state index in [0.29, 0.717) is 19.8 Å². The SMILES string of the molecule is CC1(C)COCCN1C(=O)c1cc(Cl)nnc1Cl. The van der Waals surface area contributed by atoms with Crippen molar-refractivity contribution in [3.8, 4) is 0 Å². The molecule has 0 radical (unpaired) electrons. The van der Waals surface area contributed by atoms with Crippen molar-refractivity contribution >= 4 is 29.1 Å². The summed E-state index contributed by atoms with van der Waals surface area (Å²) < 4.78 is 5.37. The highest BCUT2D eigenvalue weighted by Gasteiger charge is 2.35. The van der Waals surface area contributed by atoms with E-state index in [2.05, 4.69) is 10.2 Å². The molecule has 1 fully saturated rings. The Morgan fingerprint density at radius 1 is 1.44 bits per heavy atom. The van der Waals surface area contributed by atoms with Crippen LogP contribution in [0.3, 0.4) is 0 Å². The van der Waals surface area contributed by atoms with Crippen molar-refractivity contribution in [2.24, 2.45) is 0 Å². The summed E-state index contributed by atoms with van der Waals surface area (Å²) in [5.41, 5.74) is -0.111.